The average Bonchev–Trinajstić information content (AvgIpc) is 3.39. The van der Waals surface area contributed by atoms with Crippen LogP contribution in [-0.4, -0.2) is 49.0 Å². The molecule has 5 rings (SSSR count). The van der Waals surface area contributed by atoms with Crippen LogP contribution in [0.2, 0.25) is 5.02 Å². The van der Waals surface area contributed by atoms with Gasteiger partial charge in [0.2, 0.25) is 6.79 Å². The summed E-state index contributed by atoms with van der Waals surface area (Å²) in [6, 6.07) is 7.65. The van der Waals surface area contributed by atoms with Gasteiger partial charge in [0.25, 0.3) is 11.1 Å². The maximum atomic E-state index is 13.5. The van der Waals surface area contributed by atoms with Gasteiger partial charge in [-0.3, -0.25) is 19.8 Å². The molecule has 3 heterocycles. The number of carbonyl (C=O) groups is 2. The first kappa shape index (κ1) is 23.8. The van der Waals surface area contributed by atoms with Crippen LogP contribution in [0.4, 0.5) is 23.7 Å². The van der Waals surface area contributed by atoms with Crippen molar-refractivity contribution >= 4 is 46.3 Å². The van der Waals surface area contributed by atoms with Crippen molar-refractivity contribution in [3.05, 3.63) is 56.9 Å². The quantitative estimate of drug-likeness (QED) is 0.578. The summed E-state index contributed by atoms with van der Waals surface area (Å²) in [5.74, 6) is 0.781. The number of thioether (sulfide) groups is 1. The Balaban J connectivity index is 1.37. The van der Waals surface area contributed by atoms with Crippen LogP contribution in [-0.2, 0) is 17.5 Å². The van der Waals surface area contributed by atoms with Crippen LogP contribution in [0, 0.1) is 0 Å². The Morgan fingerprint density at radius 2 is 1.80 bits per heavy atom. The van der Waals surface area contributed by atoms with Gasteiger partial charge in [0.1, 0.15) is 0 Å². The molecule has 0 aromatic heterocycles. The van der Waals surface area contributed by atoms with Gasteiger partial charge in [-0.15, -0.1) is 0 Å². The Kier molecular flexibility index (Phi) is 6.32. The number of benzene rings is 2. The molecule has 0 aliphatic carbocycles. The van der Waals surface area contributed by atoms with Gasteiger partial charge in [-0.1, -0.05) is 17.7 Å². The highest BCUT2D eigenvalue weighted by atomic mass is 35.5. The molecule has 0 atom stereocenters. The monoisotopic (exact) mass is 525 g/mol. The van der Waals surface area contributed by atoms with Gasteiger partial charge in [-0.2, -0.15) is 13.2 Å². The van der Waals surface area contributed by atoms with Crippen molar-refractivity contribution in [3.8, 4) is 11.5 Å². The minimum absolute atomic E-state index is 0.0214. The fourth-order valence-electron chi connectivity index (χ4n) is 4.22. The van der Waals surface area contributed by atoms with Crippen LogP contribution in [0.5, 0.6) is 11.5 Å². The molecule has 3 aliphatic heterocycles. The Morgan fingerprint density at radius 1 is 1.06 bits per heavy atom. The van der Waals surface area contributed by atoms with Crippen molar-refractivity contribution < 1.29 is 32.2 Å². The summed E-state index contributed by atoms with van der Waals surface area (Å²) in [7, 11) is 0. The lowest BCUT2D eigenvalue weighted by Gasteiger charge is -2.37. The number of rotatable bonds is 4. The Bertz CT molecular complexity index is 1230. The molecule has 35 heavy (non-hydrogen) atoms. The zero-order valence-electron chi connectivity index (χ0n) is 18.2. The predicted molar refractivity (Wildman–Crippen MR) is 126 cm³/mol. The number of amides is 2. The summed E-state index contributed by atoms with van der Waals surface area (Å²) in [5, 5.41) is 1.48. The van der Waals surface area contributed by atoms with Gasteiger partial charge in [0.05, 0.1) is 21.2 Å². The third-order valence-corrected chi connectivity index (χ3v) is 6.98. The maximum absolute atomic E-state index is 13.5. The molecule has 12 heteroatoms. The summed E-state index contributed by atoms with van der Waals surface area (Å²) in [4.78, 5) is 27.7. The fraction of sp³-hybridized carbons (Fsp3) is 0.304. The number of nitrogens with zero attached hydrogens (tertiary/aromatic N) is 2. The SMILES string of the molecule is O=C1NC(=O)/C(=C\c2cc(C(F)(F)F)cc(Cl)c2N2CCN(Cc3ccc4c(c3)OCO4)CC2)S1. The molecule has 0 saturated carbocycles. The number of hydrogen-bond acceptors (Lipinski definition) is 7. The number of ether oxygens (including phenoxy) is 2. The second kappa shape index (κ2) is 9.29. The van der Waals surface area contributed by atoms with E-state index >= 15 is 0 Å². The van der Waals surface area contributed by atoms with Crippen molar-refractivity contribution in [2.24, 2.45) is 0 Å². The molecular formula is C23H19ClF3N3O4S. The second-order valence-electron chi connectivity index (χ2n) is 8.20. The van der Waals surface area contributed by atoms with E-state index in [2.05, 4.69) is 10.2 Å². The van der Waals surface area contributed by atoms with E-state index in [0.717, 1.165) is 17.7 Å². The highest BCUT2D eigenvalue weighted by molar-refractivity contribution is 8.18. The number of piperazine rings is 1. The summed E-state index contributed by atoms with van der Waals surface area (Å²) >= 11 is 7.00. The van der Waals surface area contributed by atoms with Crippen LogP contribution < -0.4 is 19.7 Å². The van der Waals surface area contributed by atoms with E-state index in [1.54, 1.807) is 0 Å². The molecule has 2 amide bonds. The van der Waals surface area contributed by atoms with E-state index in [0.29, 0.717) is 61.7 Å². The highest BCUT2D eigenvalue weighted by Crippen LogP contribution is 2.40. The lowest BCUT2D eigenvalue weighted by atomic mass is 10.0. The number of carbonyl (C=O) groups excluding carboxylic acids is 2. The molecule has 184 valence electrons. The van der Waals surface area contributed by atoms with Crippen LogP contribution in [0.3, 0.4) is 0 Å². The third-order valence-electron chi connectivity index (χ3n) is 5.88. The molecule has 2 aromatic carbocycles. The predicted octanol–water partition coefficient (Wildman–Crippen LogP) is 4.73. The smallest absolute Gasteiger partial charge is 0.416 e. The van der Waals surface area contributed by atoms with E-state index in [4.69, 9.17) is 21.1 Å². The minimum Gasteiger partial charge on any atom is -0.454 e. The van der Waals surface area contributed by atoms with Gasteiger partial charge in [-0.25, -0.2) is 0 Å². The molecule has 0 unspecified atom stereocenters. The Labute approximate surface area is 207 Å². The first-order chi connectivity index (χ1) is 16.7. The van der Waals surface area contributed by atoms with Crippen LogP contribution in [0.25, 0.3) is 6.08 Å². The molecule has 3 aliphatic rings. The highest BCUT2D eigenvalue weighted by Gasteiger charge is 2.34. The molecule has 0 bridgehead atoms. The molecule has 0 spiro atoms. The molecule has 2 aromatic rings. The molecule has 0 radical (unpaired) electrons. The molecule has 7 nitrogen and oxygen atoms in total. The zero-order chi connectivity index (χ0) is 24.7. The van der Waals surface area contributed by atoms with Crippen LogP contribution in [0.1, 0.15) is 16.7 Å². The van der Waals surface area contributed by atoms with Gasteiger partial charge in [0.15, 0.2) is 11.5 Å². The number of fused-ring (bicyclic) bond motifs is 1. The summed E-state index contributed by atoms with van der Waals surface area (Å²) in [6.45, 7) is 3.22. The summed E-state index contributed by atoms with van der Waals surface area (Å²) in [5.41, 5.74) is 0.688. The van der Waals surface area contributed by atoms with Crippen molar-refractivity contribution in [1.82, 2.24) is 10.2 Å². The topological polar surface area (TPSA) is 71.1 Å². The summed E-state index contributed by atoms with van der Waals surface area (Å²) < 4.78 is 51.2. The van der Waals surface area contributed by atoms with E-state index in [-0.39, 0.29) is 22.3 Å². The van der Waals surface area contributed by atoms with Gasteiger partial charge in [-0.05, 0) is 47.7 Å². The number of hydrogen-bond donors (Lipinski definition) is 1. The molecule has 1 N–H and O–H groups in total. The molecule has 2 saturated heterocycles. The number of halogens is 4. The largest absolute Gasteiger partial charge is 0.454 e. The Morgan fingerprint density at radius 3 is 2.49 bits per heavy atom. The van der Waals surface area contributed by atoms with Crippen LogP contribution in [0.15, 0.2) is 35.2 Å². The standard InChI is InChI=1S/C23H19ClF3N3O4S/c24-16-10-15(23(25,26)27)8-14(9-19-21(31)28-22(32)35-19)20(16)30-5-3-29(4-6-30)11-13-1-2-17-18(7-13)34-12-33-17/h1-2,7-10H,3-6,11-12H2,(H,28,31,32)/b19-9+. The first-order valence-corrected chi connectivity index (χ1v) is 11.9. The fourth-order valence-corrected chi connectivity index (χ4v) is 5.24. The third kappa shape index (κ3) is 5.07. The van der Waals surface area contributed by atoms with E-state index in [1.807, 2.05) is 23.1 Å². The average molecular weight is 526 g/mol. The first-order valence-electron chi connectivity index (χ1n) is 10.7. The molecular weight excluding hydrogens is 507 g/mol. The number of anilines is 1. The summed E-state index contributed by atoms with van der Waals surface area (Å²) in [6.07, 6.45) is -3.32. The second-order valence-corrected chi connectivity index (χ2v) is 9.62. The van der Waals surface area contributed by atoms with E-state index in [9.17, 15) is 22.8 Å². The number of imide groups is 1. The lowest BCUT2D eigenvalue weighted by Crippen LogP contribution is -2.46. The zero-order valence-corrected chi connectivity index (χ0v) is 19.7. The minimum atomic E-state index is -4.61. The van der Waals surface area contributed by atoms with E-state index in [1.165, 1.54) is 6.08 Å². The number of nitrogens with one attached hydrogen (secondary N) is 1. The van der Waals surface area contributed by atoms with Gasteiger partial charge in [0, 0.05) is 38.3 Å². The lowest BCUT2D eigenvalue weighted by molar-refractivity contribution is -0.137. The van der Waals surface area contributed by atoms with Crippen LogP contribution >= 0.6 is 23.4 Å². The van der Waals surface area contributed by atoms with Crippen molar-refractivity contribution in [2.45, 2.75) is 12.7 Å². The van der Waals surface area contributed by atoms with Crippen molar-refractivity contribution in [3.63, 3.8) is 0 Å². The number of alkyl halides is 3. The van der Waals surface area contributed by atoms with E-state index < -0.39 is 22.9 Å². The normalized spacial score (nSPS) is 19.5. The van der Waals surface area contributed by atoms with Gasteiger partial charge >= 0.3 is 6.18 Å². The molecule has 2 fully saturated rings. The van der Waals surface area contributed by atoms with Crippen molar-refractivity contribution in [2.75, 3.05) is 37.9 Å². The van der Waals surface area contributed by atoms with Crippen molar-refractivity contribution in [1.29, 1.82) is 0 Å². The van der Waals surface area contributed by atoms with Gasteiger partial charge < -0.3 is 14.4 Å². The Hall–Kier alpha value is -2.89. The maximum Gasteiger partial charge on any atom is 0.416 e.